The van der Waals surface area contributed by atoms with Crippen molar-refractivity contribution < 1.29 is 14.3 Å². The number of hydrogen-bond acceptors (Lipinski definition) is 3. The zero-order valence-electron chi connectivity index (χ0n) is 12.1. The van der Waals surface area contributed by atoms with Gasteiger partial charge in [0.15, 0.2) is 0 Å². The van der Waals surface area contributed by atoms with Crippen molar-refractivity contribution in [2.75, 3.05) is 13.2 Å². The van der Waals surface area contributed by atoms with Crippen molar-refractivity contribution in [3.05, 3.63) is 23.3 Å². The van der Waals surface area contributed by atoms with Crippen LogP contribution in [-0.2, 0) is 14.3 Å². The molecule has 1 saturated heterocycles. The third kappa shape index (κ3) is 3.54. The summed E-state index contributed by atoms with van der Waals surface area (Å²) in [5.41, 5.74) is 2.54. The Morgan fingerprint density at radius 3 is 2.89 bits per heavy atom. The monoisotopic (exact) mass is 264 g/mol. The van der Waals surface area contributed by atoms with Gasteiger partial charge in [0.2, 0.25) is 0 Å². The van der Waals surface area contributed by atoms with Crippen LogP contribution in [0.15, 0.2) is 23.3 Å². The van der Waals surface area contributed by atoms with Gasteiger partial charge in [0.1, 0.15) is 6.29 Å². The van der Waals surface area contributed by atoms with Gasteiger partial charge in [-0.05, 0) is 46.1 Å². The molecule has 3 heteroatoms. The predicted molar refractivity (Wildman–Crippen MR) is 75.0 cm³/mol. The highest BCUT2D eigenvalue weighted by Crippen LogP contribution is 2.49. The van der Waals surface area contributed by atoms with Gasteiger partial charge in [0.25, 0.3) is 0 Å². The topological polar surface area (TPSA) is 38.8 Å². The lowest BCUT2D eigenvalue weighted by Gasteiger charge is -2.34. The largest absolute Gasteiger partial charge is 0.374 e. The number of rotatable bonds is 5. The van der Waals surface area contributed by atoms with E-state index >= 15 is 0 Å². The van der Waals surface area contributed by atoms with Crippen LogP contribution in [0, 0.1) is 5.92 Å². The third-order valence-corrected chi connectivity index (χ3v) is 4.26. The van der Waals surface area contributed by atoms with Gasteiger partial charge in [-0.2, -0.15) is 0 Å². The summed E-state index contributed by atoms with van der Waals surface area (Å²) in [7, 11) is 0. The van der Waals surface area contributed by atoms with E-state index in [0.717, 1.165) is 32.2 Å². The van der Waals surface area contributed by atoms with Gasteiger partial charge in [0.05, 0.1) is 24.9 Å². The molecule has 1 heterocycles. The number of carbonyl (C=O) groups excluding carboxylic acids is 1. The lowest BCUT2D eigenvalue weighted by molar-refractivity contribution is -0.104. The van der Waals surface area contributed by atoms with Crippen LogP contribution in [0.4, 0.5) is 0 Å². The van der Waals surface area contributed by atoms with Crippen molar-refractivity contribution in [2.45, 2.75) is 51.7 Å². The normalized spacial score (nSPS) is 33.2. The highest BCUT2D eigenvalue weighted by Gasteiger charge is 2.55. The average molecular weight is 264 g/mol. The van der Waals surface area contributed by atoms with Crippen LogP contribution in [0.25, 0.3) is 0 Å². The second kappa shape index (κ2) is 6.02. The molecule has 3 nitrogen and oxygen atoms in total. The highest BCUT2D eigenvalue weighted by molar-refractivity contribution is 5.66. The van der Waals surface area contributed by atoms with E-state index in [-0.39, 0.29) is 11.7 Å². The molecule has 3 atom stereocenters. The maximum atomic E-state index is 10.6. The Morgan fingerprint density at radius 2 is 2.32 bits per heavy atom. The van der Waals surface area contributed by atoms with Gasteiger partial charge in [-0.3, -0.25) is 4.79 Å². The van der Waals surface area contributed by atoms with Crippen LogP contribution < -0.4 is 0 Å². The summed E-state index contributed by atoms with van der Waals surface area (Å²) >= 11 is 0. The molecular formula is C16H24O3. The number of aldehydes is 1. The molecule has 0 amide bonds. The van der Waals surface area contributed by atoms with E-state index in [0.29, 0.717) is 12.5 Å². The van der Waals surface area contributed by atoms with Gasteiger partial charge in [-0.15, -0.1) is 0 Å². The summed E-state index contributed by atoms with van der Waals surface area (Å²) in [6.45, 7) is 7.78. The fraction of sp³-hybridized carbons (Fsp3) is 0.688. The number of ether oxygens (including phenoxy) is 2. The maximum absolute atomic E-state index is 10.6. The van der Waals surface area contributed by atoms with Crippen LogP contribution >= 0.6 is 0 Å². The Morgan fingerprint density at radius 1 is 1.58 bits per heavy atom. The van der Waals surface area contributed by atoms with E-state index < -0.39 is 0 Å². The first-order valence-corrected chi connectivity index (χ1v) is 7.09. The molecule has 2 aliphatic rings. The molecule has 1 aliphatic carbocycles. The van der Waals surface area contributed by atoms with Gasteiger partial charge >= 0.3 is 0 Å². The Hall–Kier alpha value is -0.930. The lowest BCUT2D eigenvalue weighted by atomic mass is 9.74. The summed E-state index contributed by atoms with van der Waals surface area (Å²) in [5, 5.41) is 0. The molecule has 1 spiro atoms. The van der Waals surface area contributed by atoms with Gasteiger partial charge in [0, 0.05) is 5.92 Å². The molecule has 0 aromatic carbocycles. The molecule has 1 saturated carbocycles. The smallest absolute Gasteiger partial charge is 0.142 e. The third-order valence-electron chi connectivity index (χ3n) is 4.26. The maximum Gasteiger partial charge on any atom is 0.142 e. The zero-order valence-corrected chi connectivity index (χ0v) is 12.1. The first-order valence-electron chi connectivity index (χ1n) is 7.09. The summed E-state index contributed by atoms with van der Waals surface area (Å²) in [6, 6.07) is 0. The minimum atomic E-state index is 0.0324. The van der Waals surface area contributed by atoms with Crippen molar-refractivity contribution in [3.8, 4) is 0 Å². The summed E-state index contributed by atoms with van der Waals surface area (Å²) in [5.74, 6) is 0.373. The molecular weight excluding hydrogens is 240 g/mol. The summed E-state index contributed by atoms with van der Waals surface area (Å²) in [4.78, 5) is 10.6. The van der Waals surface area contributed by atoms with E-state index in [9.17, 15) is 4.79 Å². The predicted octanol–water partition coefficient (Wildman–Crippen LogP) is 3.05. The quantitative estimate of drug-likeness (QED) is 0.331. The lowest BCUT2D eigenvalue weighted by Crippen LogP contribution is -2.38. The number of epoxide rings is 1. The van der Waals surface area contributed by atoms with Crippen molar-refractivity contribution in [1.82, 2.24) is 0 Å². The van der Waals surface area contributed by atoms with E-state index in [1.165, 1.54) is 11.1 Å². The first-order chi connectivity index (χ1) is 9.07. The van der Waals surface area contributed by atoms with Crippen molar-refractivity contribution >= 4 is 6.29 Å². The minimum absolute atomic E-state index is 0.0324. The number of allylic oxidation sites excluding steroid dienone is 3. The fourth-order valence-electron chi connectivity index (χ4n) is 2.90. The fourth-order valence-corrected chi connectivity index (χ4v) is 2.90. The Kier molecular flexibility index (Phi) is 4.58. The highest BCUT2D eigenvalue weighted by atomic mass is 16.6. The molecule has 106 valence electrons. The number of carbonyl (C=O) groups is 1. The number of hydrogen-bond donors (Lipinski definition) is 0. The van der Waals surface area contributed by atoms with Crippen LogP contribution in [0.2, 0.25) is 0 Å². The van der Waals surface area contributed by atoms with E-state index in [1.54, 1.807) is 6.08 Å². The van der Waals surface area contributed by atoms with Crippen LogP contribution in [0.1, 0.15) is 40.0 Å². The Bertz CT molecular complexity index is 387. The van der Waals surface area contributed by atoms with E-state index in [4.69, 9.17) is 9.47 Å². The minimum Gasteiger partial charge on any atom is -0.374 e. The molecule has 0 radical (unpaired) electrons. The van der Waals surface area contributed by atoms with Crippen LogP contribution in [0.3, 0.4) is 0 Å². The molecule has 0 aromatic rings. The first kappa shape index (κ1) is 14.5. The molecule has 0 bridgehead atoms. The van der Waals surface area contributed by atoms with Crippen LogP contribution in [-0.4, -0.2) is 31.2 Å². The summed E-state index contributed by atoms with van der Waals surface area (Å²) in [6.07, 6.45) is 7.80. The van der Waals surface area contributed by atoms with Gasteiger partial charge in [-0.25, -0.2) is 0 Å². The van der Waals surface area contributed by atoms with Crippen molar-refractivity contribution in [2.24, 2.45) is 5.92 Å². The second-order valence-electron chi connectivity index (χ2n) is 5.94. The average Bonchev–Trinajstić information content (AvgIpc) is 3.12. The molecule has 3 unspecified atom stereocenters. The zero-order chi connectivity index (χ0) is 13.9. The molecule has 0 N–H and O–H groups in total. The van der Waals surface area contributed by atoms with E-state index in [2.05, 4.69) is 26.8 Å². The van der Waals surface area contributed by atoms with Crippen LogP contribution in [0.5, 0.6) is 0 Å². The van der Waals surface area contributed by atoms with Crippen molar-refractivity contribution in [3.63, 3.8) is 0 Å². The SMILES string of the molecule is CC(C)=CCOC(C)C1C/C(=C\C=O)CCC12CO2. The van der Waals surface area contributed by atoms with Gasteiger partial charge < -0.3 is 9.47 Å². The second-order valence-corrected chi connectivity index (χ2v) is 5.94. The Balaban J connectivity index is 1.96. The molecule has 1 aliphatic heterocycles. The van der Waals surface area contributed by atoms with Crippen molar-refractivity contribution in [1.29, 1.82) is 0 Å². The molecule has 2 rings (SSSR count). The molecule has 2 fully saturated rings. The van der Waals surface area contributed by atoms with E-state index in [1.807, 2.05) is 0 Å². The molecule has 19 heavy (non-hydrogen) atoms. The molecule has 0 aromatic heterocycles. The standard InChI is InChI=1S/C16H24O3/c1-12(2)6-9-18-13(3)15-10-14(5-8-17)4-7-16(15)11-19-16/h5-6,8,13,15H,4,7,9-11H2,1-3H3/b14-5-. The Labute approximate surface area is 115 Å². The summed E-state index contributed by atoms with van der Waals surface area (Å²) < 4.78 is 11.6. The van der Waals surface area contributed by atoms with Gasteiger partial charge in [-0.1, -0.05) is 17.2 Å².